The Balaban J connectivity index is 1.73. The van der Waals surface area contributed by atoms with Crippen LogP contribution < -0.4 is 0 Å². The second-order valence-electron chi connectivity index (χ2n) is 5.63. The molecule has 0 radical (unpaired) electrons. The lowest BCUT2D eigenvalue weighted by molar-refractivity contribution is 0.336. The van der Waals surface area contributed by atoms with E-state index in [9.17, 15) is 12.8 Å². The van der Waals surface area contributed by atoms with Crippen molar-refractivity contribution in [1.29, 1.82) is 0 Å². The van der Waals surface area contributed by atoms with Crippen molar-refractivity contribution in [2.45, 2.75) is 12.3 Å². The maximum Gasteiger partial charge on any atom is 0.242 e. The number of aromatic nitrogens is 2. The van der Waals surface area contributed by atoms with Gasteiger partial charge in [0.2, 0.25) is 21.7 Å². The number of halogens is 2. The Labute approximate surface area is 158 Å². The highest BCUT2D eigenvalue weighted by molar-refractivity contribution is 9.10. The summed E-state index contributed by atoms with van der Waals surface area (Å²) in [5, 5.41) is 3.87. The average Bonchev–Trinajstić information content (AvgIpc) is 3.05. The van der Waals surface area contributed by atoms with Crippen LogP contribution in [0.15, 0.2) is 57.5 Å². The predicted molar refractivity (Wildman–Crippen MR) is 97.9 cm³/mol. The summed E-state index contributed by atoms with van der Waals surface area (Å²) < 4.78 is 45.7. The van der Waals surface area contributed by atoms with Crippen molar-refractivity contribution in [2.24, 2.45) is 0 Å². The molecule has 0 aliphatic carbocycles. The number of hydrogen-bond donors (Lipinski definition) is 0. The number of benzene rings is 2. The zero-order valence-corrected chi connectivity index (χ0v) is 16.2. The van der Waals surface area contributed by atoms with Crippen molar-refractivity contribution in [1.82, 2.24) is 14.4 Å². The third kappa shape index (κ3) is 4.35. The van der Waals surface area contributed by atoms with Gasteiger partial charge in [-0.05, 0) is 18.2 Å². The van der Waals surface area contributed by atoms with Gasteiger partial charge in [0.15, 0.2) is 0 Å². The minimum absolute atomic E-state index is 0.0994. The van der Waals surface area contributed by atoms with Crippen molar-refractivity contribution in [3.05, 3.63) is 70.3 Å². The molecule has 0 saturated carbocycles. The van der Waals surface area contributed by atoms with E-state index in [1.165, 1.54) is 25.2 Å². The normalized spacial score (nSPS) is 11.8. The van der Waals surface area contributed by atoms with Gasteiger partial charge in [-0.25, -0.2) is 12.8 Å². The largest absolute Gasteiger partial charge is 0.338 e. The van der Waals surface area contributed by atoms with E-state index in [1.807, 2.05) is 24.3 Å². The van der Waals surface area contributed by atoms with E-state index in [1.54, 1.807) is 6.07 Å². The summed E-state index contributed by atoms with van der Waals surface area (Å²) in [6.45, 7) is -0.0994. The van der Waals surface area contributed by atoms with Crippen molar-refractivity contribution in [3.8, 4) is 11.4 Å². The highest BCUT2D eigenvalue weighted by Gasteiger charge is 2.23. The summed E-state index contributed by atoms with van der Waals surface area (Å²) in [4.78, 5) is 4.22. The smallest absolute Gasteiger partial charge is 0.242 e. The van der Waals surface area contributed by atoms with Crippen LogP contribution in [0.4, 0.5) is 4.39 Å². The van der Waals surface area contributed by atoms with Crippen LogP contribution in [-0.4, -0.2) is 29.9 Å². The molecule has 3 aromatic rings. The maximum atomic E-state index is 13.7. The van der Waals surface area contributed by atoms with Crippen LogP contribution in [0, 0.1) is 5.82 Å². The van der Waals surface area contributed by atoms with E-state index in [0.29, 0.717) is 5.82 Å². The molecule has 3 rings (SSSR count). The molecule has 0 aliphatic heterocycles. The molecular weight excluding hydrogens is 425 g/mol. The van der Waals surface area contributed by atoms with E-state index in [0.717, 1.165) is 14.3 Å². The van der Waals surface area contributed by atoms with Crippen LogP contribution in [0.3, 0.4) is 0 Å². The molecule has 136 valence electrons. The Hall–Kier alpha value is -2.10. The molecule has 0 spiro atoms. The van der Waals surface area contributed by atoms with Gasteiger partial charge in [-0.1, -0.05) is 51.4 Å². The Morgan fingerprint density at radius 2 is 1.96 bits per heavy atom. The lowest BCUT2D eigenvalue weighted by Gasteiger charge is -2.15. The van der Waals surface area contributed by atoms with Crippen LogP contribution in [-0.2, 0) is 22.3 Å². The van der Waals surface area contributed by atoms with Gasteiger partial charge in [0.25, 0.3) is 0 Å². The summed E-state index contributed by atoms with van der Waals surface area (Å²) in [5.74, 6) is -0.483. The topological polar surface area (TPSA) is 76.3 Å². The van der Waals surface area contributed by atoms with Crippen LogP contribution in [0.25, 0.3) is 11.4 Å². The first-order valence-corrected chi connectivity index (χ1v) is 10.0. The molecule has 26 heavy (non-hydrogen) atoms. The zero-order valence-electron chi connectivity index (χ0n) is 13.8. The van der Waals surface area contributed by atoms with E-state index < -0.39 is 21.6 Å². The number of hydrogen-bond acceptors (Lipinski definition) is 5. The first kappa shape index (κ1) is 18.7. The van der Waals surface area contributed by atoms with E-state index in [4.69, 9.17) is 4.52 Å². The lowest BCUT2D eigenvalue weighted by atomic mass is 10.2. The zero-order chi connectivity index (χ0) is 18.7. The first-order valence-electron chi connectivity index (χ1n) is 7.61. The minimum Gasteiger partial charge on any atom is -0.338 e. The summed E-state index contributed by atoms with van der Waals surface area (Å²) >= 11 is 3.37. The Bertz CT molecular complexity index is 1020. The summed E-state index contributed by atoms with van der Waals surface area (Å²) in [6.07, 6.45) is 0. The third-order valence-electron chi connectivity index (χ3n) is 3.68. The molecule has 1 heterocycles. The third-order valence-corrected chi connectivity index (χ3v) is 5.93. The molecule has 0 saturated heterocycles. The maximum absolute atomic E-state index is 13.7. The van der Waals surface area contributed by atoms with Crippen molar-refractivity contribution >= 4 is 26.0 Å². The SMILES string of the molecule is CN(Cc1nc(-c2cccc(Br)c2)no1)S(=O)(=O)Cc1ccccc1F. The van der Waals surface area contributed by atoms with Crippen molar-refractivity contribution in [2.75, 3.05) is 7.05 Å². The molecule has 0 atom stereocenters. The summed E-state index contributed by atoms with van der Waals surface area (Å²) in [7, 11) is -2.35. The van der Waals surface area contributed by atoms with E-state index in [-0.39, 0.29) is 18.0 Å². The lowest BCUT2D eigenvalue weighted by Crippen LogP contribution is -2.28. The summed E-state index contributed by atoms with van der Waals surface area (Å²) in [6, 6.07) is 13.1. The van der Waals surface area contributed by atoms with Crippen molar-refractivity contribution in [3.63, 3.8) is 0 Å². The monoisotopic (exact) mass is 439 g/mol. The first-order chi connectivity index (χ1) is 12.3. The van der Waals surface area contributed by atoms with E-state index >= 15 is 0 Å². The number of nitrogens with zero attached hydrogens (tertiary/aromatic N) is 3. The van der Waals surface area contributed by atoms with Gasteiger partial charge in [0, 0.05) is 22.6 Å². The number of sulfonamides is 1. The fourth-order valence-electron chi connectivity index (χ4n) is 2.27. The Kier molecular flexibility index (Phi) is 5.49. The Morgan fingerprint density at radius 3 is 2.69 bits per heavy atom. The molecule has 1 aromatic heterocycles. The van der Waals surface area contributed by atoms with Crippen LogP contribution in [0.5, 0.6) is 0 Å². The second-order valence-corrected chi connectivity index (χ2v) is 8.62. The van der Waals surface area contributed by atoms with Gasteiger partial charge in [-0.3, -0.25) is 0 Å². The van der Waals surface area contributed by atoms with Gasteiger partial charge in [-0.2, -0.15) is 9.29 Å². The van der Waals surface area contributed by atoms with Gasteiger partial charge >= 0.3 is 0 Å². The van der Waals surface area contributed by atoms with Gasteiger partial charge in [0.05, 0.1) is 12.3 Å². The standard InChI is InChI=1S/C17H15BrFN3O3S/c1-22(26(23,24)11-13-5-2-3-8-15(13)19)10-16-20-17(21-25-16)12-6-4-7-14(18)9-12/h2-9H,10-11H2,1H3. The van der Waals surface area contributed by atoms with Crippen LogP contribution in [0.1, 0.15) is 11.5 Å². The minimum atomic E-state index is -3.74. The molecule has 9 heteroatoms. The molecule has 0 bridgehead atoms. The molecule has 0 aliphatic rings. The average molecular weight is 440 g/mol. The molecule has 0 fully saturated rings. The molecule has 2 aromatic carbocycles. The summed E-state index contributed by atoms with van der Waals surface area (Å²) in [5.41, 5.74) is 0.853. The van der Waals surface area contributed by atoms with Gasteiger partial charge in [-0.15, -0.1) is 0 Å². The molecular formula is C17H15BrFN3O3S. The molecule has 0 unspecified atom stereocenters. The van der Waals surface area contributed by atoms with E-state index in [2.05, 4.69) is 26.1 Å². The fourth-order valence-corrected chi connectivity index (χ4v) is 3.83. The molecule has 0 N–H and O–H groups in total. The van der Waals surface area contributed by atoms with Crippen LogP contribution in [0.2, 0.25) is 0 Å². The van der Waals surface area contributed by atoms with Crippen molar-refractivity contribution < 1.29 is 17.3 Å². The quantitative estimate of drug-likeness (QED) is 0.586. The highest BCUT2D eigenvalue weighted by atomic mass is 79.9. The van der Waals surface area contributed by atoms with Gasteiger partial charge < -0.3 is 4.52 Å². The fraction of sp³-hybridized carbons (Fsp3) is 0.176. The second kappa shape index (κ2) is 7.65. The van der Waals surface area contributed by atoms with Gasteiger partial charge in [0.1, 0.15) is 5.82 Å². The highest BCUT2D eigenvalue weighted by Crippen LogP contribution is 2.21. The Morgan fingerprint density at radius 1 is 1.19 bits per heavy atom. The van der Waals surface area contributed by atoms with Crippen LogP contribution >= 0.6 is 15.9 Å². The predicted octanol–water partition coefficient (Wildman–Crippen LogP) is 3.60. The molecule has 6 nitrogen and oxygen atoms in total. The number of rotatable bonds is 6. The molecule has 0 amide bonds.